The lowest BCUT2D eigenvalue weighted by Crippen LogP contribution is -2.29. The Labute approximate surface area is 120 Å². The molecule has 1 aliphatic rings. The molecule has 5 heteroatoms. The van der Waals surface area contributed by atoms with Crippen LogP contribution < -0.4 is 10.1 Å². The monoisotopic (exact) mass is 289 g/mol. The lowest BCUT2D eigenvalue weighted by molar-refractivity contribution is 0.0930. The molecule has 20 heavy (non-hydrogen) atoms. The Morgan fingerprint density at radius 1 is 1.30 bits per heavy atom. The number of hydrogen-bond acceptors (Lipinski definition) is 3. The highest BCUT2D eigenvalue weighted by atomic mass is 35.5. The number of carbonyl (C=O) groups excluding carboxylic acids is 1. The lowest BCUT2D eigenvalue weighted by atomic mass is 10.1. The molecule has 0 saturated carbocycles. The molecule has 2 N–H and O–H groups in total. The topological polar surface area (TPSA) is 58.6 Å². The van der Waals surface area contributed by atoms with E-state index in [9.17, 15) is 9.90 Å². The maximum absolute atomic E-state index is 12.2. The van der Waals surface area contributed by atoms with Crippen LogP contribution in [-0.4, -0.2) is 17.6 Å². The van der Waals surface area contributed by atoms with Gasteiger partial charge >= 0.3 is 0 Å². The van der Waals surface area contributed by atoms with E-state index in [0.29, 0.717) is 12.2 Å². The molecule has 0 radical (unpaired) electrons. The van der Waals surface area contributed by atoms with Gasteiger partial charge in [-0.15, -0.1) is 0 Å². The van der Waals surface area contributed by atoms with Crippen molar-refractivity contribution in [3.05, 3.63) is 58.6 Å². The van der Waals surface area contributed by atoms with Gasteiger partial charge in [-0.25, -0.2) is 0 Å². The first-order valence-electron chi connectivity index (χ1n) is 6.16. The molecule has 0 fully saturated rings. The number of nitrogens with one attached hydrogen (secondary N) is 1. The average Bonchev–Trinajstić information content (AvgIpc) is 2.85. The van der Waals surface area contributed by atoms with Crippen LogP contribution in [0.1, 0.15) is 22.0 Å². The quantitative estimate of drug-likeness (QED) is 0.894. The molecule has 2 aromatic rings. The fourth-order valence-electron chi connectivity index (χ4n) is 2.17. The van der Waals surface area contributed by atoms with Crippen molar-refractivity contribution in [3.63, 3.8) is 0 Å². The van der Waals surface area contributed by atoms with Gasteiger partial charge in [0.25, 0.3) is 5.91 Å². The van der Waals surface area contributed by atoms with E-state index < -0.39 is 0 Å². The molecule has 1 aliphatic heterocycles. The third kappa shape index (κ3) is 2.30. The summed E-state index contributed by atoms with van der Waals surface area (Å²) in [6, 6.07) is 11.8. The number of halogens is 1. The van der Waals surface area contributed by atoms with Gasteiger partial charge in [-0.1, -0.05) is 29.8 Å². The lowest BCUT2D eigenvalue weighted by Gasteiger charge is -2.12. The second kappa shape index (κ2) is 5.06. The molecule has 102 valence electrons. The number of rotatable bonds is 2. The van der Waals surface area contributed by atoms with E-state index >= 15 is 0 Å². The van der Waals surface area contributed by atoms with Gasteiger partial charge in [-0.05, 0) is 24.3 Å². The van der Waals surface area contributed by atoms with Gasteiger partial charge in [0.2, 0.25) is 0 Å². The van der Waals surface area contributed by atoms with Crippen molar-refractivity contribution in [1.82, 2.24) is 5.32 Å². The number of para-hydroxylation sites is 1. The minimum atomic E-state index is -0.253. The molecule has 0 aliphatic carbocycles. The number of aromatic hydroxyl groups is 1. The molecule has 1 heterocycles. The Bertz CT molecular complexity index is 672. The van der Waals surface area contributed by atoms with Crippen LogP contribution in [0.3, 0.4) is 0 Å². The largest absolute Gasteiger partial charge is 0.506 e. The molecule has 0 aromatic heterocycles. The van der Waals surface area contributed by atoms with Crippen molar-refractivity contribution in [2.24, 2.45) is 0 Å². The normalized spacial score (nSPS) is 16.4. The van der Waals surface area contributed by atoms with E-state index in [2.05, 4.69) is 5.32 Å². The van der Waals surface area contributed by atoms with E-state index in [1.807, 2.05) is 24.3 Å². The fraction of sp³-hybridized carbons (Fsp3) is 0.133. The minimum absolute atomic E-state index is 0.0437. The highest BCUT2D eigenvalue weighted by molar-refractivity contribution is 6.32. The predicted octanol–water partition coefficient (Wildman–Crippen LogP) is 2.91. The first kappa shape index (κ1) is 12.8. The highest BCUT2D eigenvalue weighted by Crippen LogP contribution is 2.32. The minimum Gasteiger partial charge on any atom is -0.506 e. The van der Waals surface area contributed by atoms with Gasteiger partial charge in [0.15, 0.2) is 0 Å². The Balaban J connectivity index is 1.79. The smallest absolute Gasteiger partial charge is 0.251 e. The predicted molar refractivity (Wildman–Crippen MR) is 75.3 cm³/mol. The van der Waals surface area contributed by atoms with Gasteiger partial charge in [-0.3, -0.25) is 4.79 Å². The Morgan fingerprint density at radius 2 is 2.10 bits per heavy atom. The number of phenols is 1. The summed E-state index contributed by atoms with van der Waals surface area (Å²) in [5, 5.41) is 12.4. The summed E-state index contributed by atoms with van der Waals surface area (Å²) in [6.45, 7) is 0.414. The van der Waals surface area contributed by atoms with Gasteiger partial charge in [0.1, 0.15) is 18.1 Å². The van der Waals surface area contributed by atoms with Gasteiger partial charge in [0, 0.05) is 11.1 Å². The van der Waals surface area contributed by atoms with Crippen LogP contribution in [-0.2, 0) is 0 Å². The summed E-state index contributed by atoms with van der Waals surface area (Å²) >= 11 is 5.80. The molecule has 3 rings (SSSR count). The van der Waals surface area contributed by atoms with Crippen molar-refractivity contribution in [1.29, 1.82) is 0 Å². The zero-order chi connectivity index (χ0) is 14.1. The zero-order valence-corrected chi connectivity index (χ0v) is 11.2. The van der Waals surface area contributed by atoms with E-state index in [4.69, 9.17) is 16.3 Å². The van der Waals surface area contributed by atoms with Crippen LogP contribution in [0.15, 0.2) is 42.5 Å². The first-order chi connectivity index (χ1) is 9.65. The zero-order valence-electron chi connectivity index (χ0n) is 10.5. The van der Waals surface area contributed by atoms with E-state index in [1.54, 1.807) is 0 Å². The van der Waals surface area contributed by atoms with Crippen LogP contribution >= 0.6 is 11.6 Å². The van der Waals surface area contributed by atoms with Crippen LogP contribution in [0.25, 0.3) is 0 Å². The second-order valence-corrected chi connectivity index (χ2v) is 4.95. The number of amides is 1. The Kier molecular flexibility index (Phi) is 3.24. The summed E-state index contributed by atoms with van der Waals surface area (Å²) in [4.78, 5) is 12.2. The Morgan fingerprint density at radius 3 is 2.90 bits per heavy atom. The SMILES string of the molecule is O=C(N[C@@H]1COc2ccccc21)c1ccc(O)c(Cl)c1. The van der Waals surface area contributed by atoms with Crippen molar-refractivity contribution in [3.8, 4) is 11.5 Å². The summed E-state index contributed by atoms with van der Waals surface area (Å²) in [5.74, 6) is 0.497. The van der Waals surface area contributed by atoms with Crippen LogP contribution in [0.5, 0.6) is 11.5 Å². The molecule has 2 aromatic carbocycles. The molecule has 0 bridgehead atoms. The van der Waals surface area contributed by atoms with Gasteiger partial charge in [0.05, 0.1) is 11.1 Å². The molecular formula is C15H12ClNO3. The molecule has 1 amide bonds. The summed E-state index contributed by atoms with van der Waals surface area (Å²) in [6.07, 6.45) is 0. The van der Waals surface area contributed by atoms with Crippen LogP contribution in [0.4, 0.5) is 0 Å². The fourth-order valence-corrected chi connectivity index (χ4v) is 2.35. The average molecular weight is 290 g/mol. The number of benzene rings is 2. The van der Waals surface area contributed by atoms with Crippen molar-refractivity contribution in [2.75, 3.05) is 6.61 Å². The van der Waals surface area contributed by atoms with E-state index in [0.717, 1.165) is 11.3 Å². The maximum atomic E-state index is 12.2. The number of ether oxygens (including phenoxy) is 1. The van der Waals surface area contributed by atoms with Gasteiger partial charge < -0.3 is 15.2 Å². The molecule has 1 atom stereocenters. The summed E-state index contributed by atoms with van der Waals surface area (Å²) < 4.78 is 5.51. The molecule has 0 spiro atoms. The van der Waals surface area contributed by atoms with Gasteiger partial charge in [-0.2, -0.15) is 0 Å². The molecule has 4 nitrogen and oxygen atoms in total. The molecule has 0 saturated heterocycles. The number of phenolic OH excluding ortho intramolecular Hbond substituents is 1. The number of hydrogen-bond donors (Lipinski definition) is 2. The summed E-state index contributed by atoms with van der Waals surface area (Å²) in [7, 11) is 0. The number of fused-ring (bicyclic) bond motifs is 1. The Hall–Kier alpha value is -2.20. The number of carbonyl (C=O) groups is 1. The van der Waals surface area contributed by atoms with Crippen molar-refractivity contribution in [2.45, 2.75) is 6.04 Å². The van der Waals surface area contributed by atoms with Crippen LogP contribution in [0.2, 0.25) is 5.02 Å². The maximum Gasteiger partial charge on any atom is 0.251 e. The van der Waals surface area contributed by atoms with Crippen LogP contribution in [0, 0.1) is 0 Å². The first-order valence-corrected chi connectivity index (χ1v) is 6.54. The van der Waals surface area contributed by atoms with Crippen molar-refractivity contribution >= 4 is 17.5 Å². The molecular weight excluding hydrogens is 278 g/mol. The molecule has 0 unspecified atom stereocenters. The third-order valence-corrected chi connectivity index (χ3v) is 3.52. The van der Waals surface area contributed by atoms with Crippen molar-refractivity contribution < 1.29 is 14.6 Å². The standard InChI is InChI=1S/C15H12ClNO3/c16-11-7-9(5-6-13(11)18)15(19)17-12-8-20-14-4-2-1-3-10(12)14/h1-7,12,18H,8H2,(H,17,19)/t12-/m1/s1. The summed E-state index contributed by atoms with van der Waals surface area (Å²) in [5.41, 5.74) is 1.36. The highest BCUT2D eigenvalue weighted by Gasteiger charge is 2.25. The van der Waals surface area contributed by atoms with E-state index in [-0.39, 0.29) is 22.7 Å². The third-order valence-electron chi connectivity index (χ3n) is 3.22. The second-order valence-electron chi connectivity index (χ2n) is 4.54. The van der Waals surface area contributed by atoms with E-state index in [1.165, 1.54) is 18.2 Å².